The van der Waals surface area contributed by atoms with Crippen LogP contribution in [0.15, 0.2) is 200 Å². The summed E-state index contributed by atoms with van der Waals surface area (Å²) in [7, 11) is 0. The van der Waals surface area contributed by atoms with Crippen LogP contribution in [0.2, 0.25) is 0 Å². The minimum absolute atomic E-state index is 1.09. The van der Waals surface area contributed by atoms with Gasteiger partial charge in [-0.05, 0) is 96.1 Å². The normalized spacial score (nSPS) is 10.2. The first-order valence-electron chi connectivity index (χ1n) is 15.1. The summed E-state index contributed by atoms with van der Waals surface area (Å²) in [4.78, 5) is 2.25. The van der Waals surface area contributed by atoms with E-state index < -0.39 is 0 Å². The molecule has 0 bridgehead atoms. The molecule has 0 aliphatic heterocycles. The van der Waals surface area contributed by atoms with Gasteiger partial charge in [0.15, 0.2) is 0 Å². The van der Waals surface area contributed by atoms with E-state index in [9.17, 15) is 0 Å². The number of hydrogen-bond donors (Lipinski definition) is 2. The van der Waals surface area contributed by atoms with Gasteiger partial charge in [-0.2, -0.15) is 0 Å². The van der Waals surface area contributed by atoms with Crippen molar-refractivity contribution in [3.63, 3.8) is 0 Å². The Bertz CT molecular complexity index is 1660. The van der Waals surface area contributed by atoms with Gasteiger partial charge in [-0.1, -0.05) is 115 Å². The zero-order valence-corrected chi connectivity index (χ0v) is 25.0. The summed E-state index contributed by atoms with van der Waals surface area (Å²) in [6.45, 7) is 0. The molecule has 0 aliphatic rings. The molecular formula is C42H35N3. The average molecular weight is 582 g/mol. The summed E-state index contributed by atoms with van der Waals surface area (Å²) in [5, 5.41) is 6.82. The van der Waals surface area contributed by atoms with E-state index in [-0.39, 0.29) is 0 Å². The summed E-state index contributed by atoms with van der Waals surface area (Å²) in [6.07, 6.45) is 0. The Morgan fingerprint density at radius 2 is 0.489 bits per heavy atom. The van der Waals surface area contributed by atoms with E-state index >= 15 is 0 Å². The zero-order valence-electron chi connectivity index (χ0n) is 25.0. The largest absolute Gasteiger partial charge is 0.356 e. The fourth-order valence-electron chi connectivity index (χ4n) is 5.05. The van der Waals surface area contributed by atoms with Gasteiger partial charge in [0, 0.05) is 39.8 Å². The molecule has 0 saturated heterocycles. The highest BCUT2D eigenvalue weighted by Crippen LogP contribution is 2.33. The van der Waals surface area contributed by atoms with Crippen molar-refractivity contribution in [3.05, 3.63) is 200 Å². The van der Waals surface area contributed by atoms with Crippen LogP contribution >= 0.6 is 0 Å². The molecular weight excluding hydrogens is 546 g/mol. The molecule has 45 heavy (non-hydrogen) atoms. The molecule has 7 aromatic carbocycles. The van der Waals surface area contributed by atoms with Crippen LogP contribution in [0, 0.1) is 0 Å². The minimum Gasteiger partial charge on any atom is -0.356 e. The van der Waals surface area contributed by atoms with Crippen LogP contribution < -0.4 is 15.5 Å². The van der Waals surface area contributed by atoms with Gasteiger partial charge >= 0.3 is 0 Å². The molecule has 0 saturated carbocycles. The van der Waals surface area contributed by atoms with E-state index in [1.54, 1.807) is 0 Å². The van der Waals surface area contributed by atoms with Gasteiger partial charge < -0.3 is 15.5 Å². The lowest BCUT2D eigenvalue weighted by Gasteiger charge is -2.25. The fraction of sp³-hybridized carbons (Fsp3) is 0. The van der Waals surface area contributed by atoms with Gasteiger partial charge in [-0.3, -0.25) is 0 Å². The summed E-state index contributed by atoms with van der Waals surface area (Å²) in [5.41, 5.74) is 10.3. The minimum atomic E-state index is 1.09. The fourth-order valence-corrected chi connectivity index (χ4v) is 5.05. The molecule has 7 rings (SSSR count). The second kappa shape index (κ2) is 14.9. The predicted octanol–water partition coefficient (Wildman–Crippen LogP) is 12.0. The molecule has 2 N–H and O–H groups in total. The summed E-state index contributed by atoms with van der Waals surface area (Å²) in [5.74, 6) is 0. The zero-order chi connectivity index (χ0) is 30.5. The lowest BCUT2D eigenvalue weighted by molar-refractivity contribution is 1.28. The number of para-hydroxylation sites is 5. The maximum absolute atomic E-state index is 3.41. The van der Waals surface area contributed by atoms with Crippen LogP contribution in [0.25, 0.3) is 11.1 Å². The maximum atomic E-state index is 3.41. The SMILES string of the molecule is c1ccc(N(c2ccccc2)c2ccccc2)cc1.c1ccc(Nc2ccc(-c3ccc(Nc4ccccc4)cc3)cc2)cc1. The molecule has 3 heteroatoms. The Balaban J connectivity index is 0.000000167. The average Bonchev–Trinajstić information content (AvgIpc) is 3.12. The monoisotopic (exact) mass is 581 g/mol. The molecule has 218 valence electrons. The van der Waals surface area contributed by atoms with Gasteiger partial charge in [0.05, 0.1) is 0 Å². The number of anilines is 7. The number of rotatable bonds is 8. The number of nitrogens with zero attached hydrogens (tertiary/aromatic N) is 1. The van der Waals surface area contributed by atoms with E-state index in [1.165, 1.54) is 28.2 Å². The predicted molar refractivity (Wildman–Crippen MR) is 192 cm³/mol. The highest BCUT2D eigenvalue weighted by Gasteiger charge is 2.10. The van der Waals surface area contributed by atoms with Crippen molar-refractivity contribution in [1.29, 1.82) is 0 Å². The third-order valence-electron chi connectivity index (χ3n) is 7.27. The molecule has 0 spiro atoms. The second-order valence-corrected chi connectivity index (χ2v) is 10.5. The Morgan fingerprint density at radius 1 is 0.244 bits per heavy atom. The van der Waals surface area contributed by atoms with Crippen LogP contribution in [-0.4, -0.2) is 0 Å². The van der Waals surface area contributed by atoms with Crippen LogP contribution in [0.5, 0.6) is 0 Å². The van der Waals surface area contributed by atoms with Crippen molar-refractivity contribution in [2.75, 3.05) is 15.5 Å². The molecule has 0 unspecified atom stereocenters. The third-order valence-corrected chi connectivity index (χ3v) is 7.27. The third kappa shape index (κ3) is 8.07. The van der Waals surface area contributed by atoms with Crippen molar-refractivity contribution < 1.29 is 0 Å². The lowest BCUT2D eigenvalue weighted by Crippen LogP contribution is -2.09. The quantitative estimate of drug-likeness (QED) is 0.187. The number of nitrogens with one attached hydrogen (secondary N) is 2. The summed E-state index contributed by atoms with van der Waals surface area (Å²) >= 11 is 0. The van der Waals surface area contributed by atoms with Crippen molar-refractivity contribution in [2.24, 2.45) is 0 Å². The first kappa shape index (κ1) is 29.0. The smallest absolute Gasteiger partial charge is 0.0461 e. The lowest BCUT2D eigenvalue weighted by atomic mass is 10.0. The number of hydrogen-bond acceptors (Lipinski definition) is 3. The Morgan fingerprint density at radius 3 is 0.778 bits per heavy atom. The molecule has 3 nitrogen and oxygen atoms in total. The molecule has 0 atom stereocenters. The molecule has 0 heterocycles. The van der Waals surface area contributed by atoms with Gasteiger partial charge in [-0.15, -0.1) is 0 Å². The van der Waals surface area contributed by atoms with E-state index in [0.29, 0.717) is 0 Å². The Kier molecular flexibility index (Phi) is 9.61. The van der Waals surface area contributed by atoms with Crippen LogP contribution in [0.1, 0.15) is 0 Å². The van der Waals surface area contributed by atoms with Crippen molar-refractivity contribution in [3.8, 4) is 11.1 Å². The first-order valence-corrected chi connectivity index (χ1v) is 15.1. The Hall–Kier alpha value is -6.06. The molecule has 0 fully saturated rings. The van der Waals surface area contributed by atoms with Crippen molar-refractivity contribution in [2.45, 2.75) is 0 Å². The molecule has 0 radical (unpaired) electrons. The van der Waals surface area contributed by atoms with Crippen LogP contribution in [-0.2, 0) is 0 Å². The molecule has 0 amide bonds. The van der Waals surface area contributed by atoms with E-state index in [1.807, 2.05) is 54.6 Å². The second-order valence-electron chi connectivity index (χ2n) is 10.5. The molecule has 0 aliphatic carbocycles. The van der Waals surface area contributed by atoms with Crippen molar-refractivity contribution in [1.82, 2.24) is 0 Å². The summed E-state index contributed by atoms with van der Waals surface area (Å²) in [6, 6.07) is 68.7. The van der Waals surface area contributed by atoms with Gasteiger partial charge in [-0.25, -0.2) is 0 Å². The standard InChI is InChI=1S/C24H20N2.C18H15N/c1-3-7-21(8-4-1)25-23-15-11-19(12-16-23)20-13-17-24(18-14-20)26-22-9-5-2-6-10-22;1-4-10-16(11-5-1)19(17-12-6-2-7-13-17)18-14-8-3-9-15-18/h1-18,25-26H;1-15H. The van der Waals surface area contributed by atoms with E-state index in [2.05, 4.69) is 161 Å². The van der Waals surface area contributed by atoms with Crippen LogP contribution in [0.3, 0.4) is 0 Å². The first-order chi connectivity index (χ1) is 22.3. The molecule has 7 aromatic rings. The van der Waals surface area contributed by atoms with E-state index in [0.717, 1.165) is 22.7 Å². The topological polar surface area (TPSA) is 27.3 Å². The highest BCUT2D eigenvalue weighted by molar-refractivity contribution is 5.76. The molecule has 0 aromatic heterocycles. The van der Waals surface area contributed by atoms with Gasteiger partial charge in [0.1, 0.15) is 0 Å². The Labute approximate surface area is 266 Å². The van der Waals surface area contributed by atoms with Crippen molar-refractivity contribution >= 4 is 39.8 Å². The van der Waals surface area contributed by atoms with Gasteiger partial charge in [0.2, 0.25) is 0 Å². The highest BCUT2D eigenvalue weighted by atomic mass is 15.1. The van der Waals surface area contributed by atoms with E-state index in [4.69, 9.17) is 0 Å². The van der Waals surface area contributed by atoms with Crippen LogP contribution in [0.4, 0.5) is 39.8 Å². The number of benzene rings is 7. The maximum Gasteiger partial charge on any atom is 0.0461 e. The summed E-state index contributed by atoms with van der Waals surface area (Å²) < 4.78 is 0. The van der Waals surface area contributed by atoms with Gasteiger partial charge in [0.25, 0.3) is 0 Å².